The van der Waals surface area contributed by atoms with Gasteiger partial charge in [-0.15, -0.1) is 0 Å². The lowest BCUT2D eigenvalue weighted by Gasteiger charge is -2.12. The van der Waals surface area contributed by atoms with Crippen molar-refractivity contribution in [1.82, 2.24) is 0 Å². The molecule has 26 heavy (non-hydrogen) atoms. The largest absolute Gasteiger partial charge is 0.491 e. The molecule has 6 heteroatoms. The van der Waals surface area contributed by atoms with Crippen LogP contribution in [0.2, 0.25) is 0 Å². The topological polar surface area (TPSA) is 76.7 Å². The second-order valence-corrected chi connectivity index (χ2v) is 5.69. The number of nitrogens with one attached hydrogen (secondary N) is 2. The van der Waals surface area contributed by atoms with E-state index < -0.39 is 0 Å². The summed E-state index contributed by atoms with van der Waals surface area (Å²) in [6.45, 7) is 4.28. The molecule has 0 aliphatic heterocycles. The van der Waals surface area contributed by atoms with Crippen molar-refractivity contribution in [3.8, 4) is 5.75 Å². The van der Waals surface area contributed by atoms with Crippen molar-refractivity contribution in [2.45, 2.75) is 20.3 Å². The van der Waals surface area contributed by atoms with Crippen molar-refractivity contribution in [2.24, 2.45) is 0 Å². The molecule has 0 aliphatic carbocycles. The molecule has 2 amide bonds. The number of anilines is 2. The molecule has 2 aromatic carbocycles. The first-order chi connectivity index (χ1) is 12.6. The molecule has 0 spiro atoms. The summed E-state index contributed by atoms with van der Waals surface area (Å²) >= 11 is 0. The summed E-state index contributed by atoms with van der Waals surface area (Å²) in [5, 5.41) is 5.56. The number of hydrogen-bond donors (Lipinski definition) is 2. The number of rotatable bonds is 9. The number of carbonyl (C=O) groups is 2. The molecule has 6 nitrogen and oxygen atoms in total. The Kier molecular flexibility index (Phi) is 7.64. The van der Waals surface area contributed by atoms with E-state index >= 15 is 0 Å². The lowest BCUT2D eigenvalue weighted by molar-refractivity contribution is -0.120. The van der Waals surface area contributed by atoms with Gasteiger partial charge in [0.15, 0.2) is 0 Å². The zero-order valence-corrected chi connectivity index (χ0v) is 15.1. The van der Waals surface area contributed by atoms with Gasteiger partial charge in [0.05, 0.1) is 6.61 Å². The van der Waals surface area contributed by atoms with E-state index in [1.165, 1.54) is 0 Å². The number of para-hydroxylation sites is 1. The van der Waals surface area contributed by atoms with E-state index in [0.29, 0.717) is 31.0 Å². The molecule has 0 bridgehead atoms. The van der Waals surface area contributed by atoms with E-state index in [0.717, 1.165) is 11.3 Å². The third kappa shape index (κ3) is 6.57. The predicted octanol–water partition coefficient (Wildman–Crippen LogP) is 3.38. The Morgan fingerprint density at radius 1 is 0.962 bits per heavy atom. The van der Waals surface area contributed by atoms with Crippen LogP contribution in [0.1, 0.15) is 18.9 Å². The van der Waals surface area contributed by atoms with Gasteiger partial charge in [0.1, 0.15) is 19.0 Å². The lowest BCUT2D eigenvalue weighted by atomic mass is 10.1. The van der Waals surface area contributed by atoms with E-state index in [1.807, 2.05) is 43.3 Å². The van der Waals surface area contributed by atoms with Crippen LogP contribution in [0.3, 0.4) is 0 Å². The monoisotopic (exact) mass is 356 g/mol. The van der Waals surface area contributed by atoms with Crippen molar-refractivity contribution < 1.29 is 19.1 Å². The Morgan fingerprint density at radius 2 is 1.73 bits per heavy atom. The van der Waals surface area contributed by atoms with Gasteiger partial charge in [0.2, 0.25) is 11.8 Å². The van der Waals surface area contributed by atoms with Crippen LogP contribution in [0.15, 0.2) is 48.5 Å². The number of carbonyl (C=O) groups excluding carboxylic acids is 2. The first-order valence-corrected chi connectivity index (χ1v) is 8.54. The Balaban J connectivity index is 1.74. The van der Waals surface area contributed by atoms with Gasteiger partial charge in [0.25, 0.3) is 0 Å². The first-order valence-electron chi connectivity index (χ1n) is 8.54. The molecule has 0 aliphatic rings. The van der Waals surface area contributed by atoms with Crippen LogP contribution in [0.5, 0.6) is 5.75 Å². The summed E-state index contributed by atoms with van der Waals surface area (Å²) in [6.07, 6.45) is 0.397. The van der Waals surface area contributed by atoms with Gasteiger partial charge in [-0.25, -0.2) is 0 Å². The molecule has 0 heterocycles. The van der Waals surface area contributed by atoms with Gasteiger partial charge >= 0.3 is 0 Å². The van der Waals surface area contributed by atoms with Gasteiger partial charge in [-0.2, -0.15) is 0 Å². The Morgan fingerprint density at radius 3 is 2.46 bits per heavy atom. The van der Waals surface area contributed by atoms with Gasteiger partial charge in [-0.3, -0.25) is 9.59 Å². The van der Waals surface area contributed by atoms with Crippen LogP contribution in [0.4, 0.5) is 11.4 Å². The predicted molar refractivity (Wildman–Crippen MR) is 101 cm³/mol. The van der Waals surface area contributed by atoms with Crippen LogP contribution in [-0.4, -0.2) is 31.6 Å². The van der Waals surface area contributed by atoms with Crippen molar-refractivity contribution >= 4 is 23.2 Å². The van der Waals surface area contributed by atoms with Crippen molar-refractivity contribution in [2.75, 3.05) is 30.5 Å². The number of aryl methyl sites for hydroxylation is 1. The molecule has 2 rings (SSSR count). The third-order valence-electron chi connectivity index (χ3n) is 3.59. The molecule has 0 fully saturated rings. The molecule has 138 valence electrons. The molecule has 2 N–H and O–H groups in total. The van der Waals surface area contributed by atoms with Crippen LogP contribution < -0.4 is 15.4 Å². The van der Waals surface area contributed by atoms with Crippen LogP contribution in [0.25, 0.3) is 0 Å². The van der Waals surface area contributed by atoms with E-state index in [-0.39, 0.29) is 18.4 Å². The summed E-state index contributed by atoms with van der Waals surface area (Å²) in [4.78, 5) is 23.5. The number of amides is 2. The lowest BCUT2D eigenvalue weighted by Crippen LogP contribution is -2.21. The van der Waals surface area contributed by atoms with Crippen molar-refractivity contribution in [1.29, 1.82) is 0 Å². The molecule has 0 saturated carbocycles. The second-order valence-electron chi connectivity index (χ2n) is 5.69. The summed E-state index contributed by atoms with van der Waals surface area (Å²) in [5.74, 6) is 0.432. The van der Waals surface area contributed by atoms with E-state index in [9.17, 15) is 9.59 Å². The second kappa shape index (κ2) is 10.2. The first kappa shape index (κ1) is 19.5. The molecule has 0 radical (unpaired) electrons. The minimum Gasteiger partial charge on any atom is -0.491 e. The van der Waals surface area contributed by atoms with E-state index in [1.54, 1.807) is 19.1 Å². The fourth-order valence-electron chi connectivity index (χ4n) is 2.17. The van der Waals surface area contributed by atoms with Crippen LogP contribution >= 0.6 is 0 Å². The highest BCUT2D eigenvalue weighted by Crippen LogP contribution is 2.20. The average Bonchev–Trinajstić information content (AvgIpc) is 2.65. The zero-order valence-electron chi connectivity index (χ0n) is 15.1. The Hall–Kier alpha value is -2.86. The van der Waals surface area contributed by atoms with E-state index in [4.69, 9.17) is 9.47 Å². The minimum atomic E-state index is -0.258. The van der Waals surface area contributed by atoms with E-state index in [2.05, 4.69) is 10.6 Å². The number of hydrogen-bond acceptors (Lipinski definition) is 4. The Bertz CT molecular complexity index is 732. The standard InChI is InChI=1S/C20H24N2O4/c1-3-19(23)21-16-10-9-15(2)18(13-16)22-20(24)14-25-11-12-26-17-7-5-4-6-8-17/h4-10,13H,3,11-12,14H2,1-2H3,(H,21,23)(H,22,24). The maximum atomic E-state index is 12.0. The maximum Gasteiger partial charge on any atom is 0.250 e. The zero-order chi connectivity index (χ0) is 18.8. The van der Waals surface area contributed by atoms with Gasteiger partial charge < -0.3 is 20.1 Å². The molecule has 2 aromatic rings. The average molecular weight is 356 g/mol. The molecular weight excluding hydrogens is 332 g/mol. The van der Waals surface area contributed by atoms with Gasteiger partial charge in [-0.1, -0.05) is 31.2 Å². The van der Waals surface area contributed by atoms with Crippen molar-refractivity contribution in [3.05, 3.63) is 54.1 Å². The molecule has 0 atom stereocenters. The Labute approximate surface area is 153 Å². The fourth-order valence-corrected chi connectivity index (χ4v) is 2.17. The quantitative estimate of drug-likeness (QED) is 0.675. The van der Waals surface area contributed by atoms with Gasteiger partial charge in [-0.05, 0) is 36.8 Å². The maximum absolute atomic E-state index is 12.0. The minimum absolute atomic E-state index is 0.0663. The molecule has 0 unspecified atom stereocenters. The normalized spacial score (nSPS) is 10.2. The highest BCUT2D eigenvalue weighted by molar-refractivity contribution is 5.95. The summed E-state index contributed by atoms with van der Waals surface area (Å²) in [6, 6.07) is 14.8. The molecular formula is C20H24N2O4. The summed E-state index contributed by atoms with van der Waals surface area (Å²) in [7, 11) is 0. The SMILES string of the molecule is CCC(=O)Nc1ccc(C)c(NC(=O)COCCOc2ccccc2)c1. The number of ether oxygens (including phenoxy) is 2. The number of benzene rings is 2. The van der Waals surface area contributed by atoms with Crippen molar-refractivity contribution in [3.63, 3.8) is 0 Å². The van der Waals surface area contributed by atoms with Crippen LogP contribution in [0, 0.1) is 6.92 Å². The highest BCUT2D eigenvalue weighted by Gasteiger charge is 2.07. The van der Waals surface area contributed by atoms with Gasteiger partial charge in [0, 0.05) is 17.8 Å². The smallest absolute Gasteiger partial charge is 0.250 e. The summed E-state index contributed by atoms with van der Waals surface area (Å²) < 4.78 is 10.8. The third-order valence-corrected chi connectivity index (χ3v) is 3.59. The molecule has 0 saturated heterocycles. The highest BCUT2D eigenvalue weighted by atomic mass is 16.5. The van der Waals surface area contributed by atoms with Crippen LogP contribution in [-0.2, 0) is 14.3 Å². The summed E-state index contributed by atoms with van der Waals surface area (Å²) in [5.41, 5.74) is 2.20. The fraction of sp³-hybridized carbons (Fsp3) is 0.300. The molecule has 0 aromatic heterocycles.